The van der Waals surface area contributed by atoms with Crippen molar-refractivity contribution >= 4 is 21.4 Å². The van der Waals surface area contributed by atoms with Crippen molar-refractivity contribution in [1.29, 1.82) is 0 Å². The maximum atomic E-state index is 4.51. The van der Waals surface area contributed by atoms with Gasteiger partial charge < -0.3 is 5.32 Å². The van der Waals surface area contributed by atoms with Gasteiger partial charge >= 0.3 is 0 Å². The molecule has 0 fully saturated rings. The summed E-state index contributed by atoms with van der Waals surface area (Å²) in [5, 5.41) is 7.03. The Labute approximate surface area is 123 Å². The Balaban J connectivity index is 1.92. The first-order valence-corrected chi connectivity index (χ1v) is 7.71. The maximum Gasteiger partial charge on any atom is 0.0579 e. The Morgan fingerprint density at radius 1 is 1.25 bits per heavy atom. The molecule has 0 aliphatic carbocycles. The maximum absolute atomic E-state index is 4.51. The van der Waals surface area contributed by atoms with Crippen molar-refractivity contribution in [2.75, 3.05) is 7.05 Å². The molecule has 0 amide bonds. The lowest BCUT2D eigenvalue weighted by atomic mass is 10.0. The van der Waals surface area contributed by atoms with Crippen molar-refractivity contribution in [3.63, 3.8) is 0 Å². The first-order chi connectivity index (χ1) is 9.78. The molecule has 1 aromatic carbocycles. The summed E-state index contributed by atoms with van der Waals surface area (Å²) in [6, 6.07) is 13.1. The molecule has 0 spiro atoms. The van der Waals surface area contributed by atoms with Crippen LogP contribution in [0.3, 0.4) is 0 Å². The molecule has 3 aromatic rings. The Hall–Kier alpha value is -1.71. The molecule has 20 heavy (non-hydrogen) atoms. The van der Waals surface area contributed by atoms with Crippen LogP contribution in [0.4, 0.5) is 0 Å². The van der Waals surface area contributed by atoms with Crippen molar-refractivity contribution < 1.29 is 0 Å². The monoisotopic (exact) mass is 282 g/mol. The van der Waals surface area contributed by atoms with Crippen LogP contribution in [0.15, 0.2) is 48.0 Å². The molecule has 2 aromatic heterocycles. The summed E-state index contributed by atoms with van der Waals surface area (Å²) in [5.74, 6) is 0. The summed E-state index contributed by atoms with van der Waals surface area (Å²) < 4.78 is 1.36. The highest BCUT2D eigenvalue weighted by Gasteiger charge is 2.14. The van der Waals surface area contributed by atoms with E-state index in [9.17, 15) is 0 Å². The molecule has 1 atom stereocenters. The third kappa shape index (κ3) is 2.60. The fraction of sp³-hybridized carbons (Fsp3) is 0.235. The summed E-state index contributed by atoms with van der Waals surface area (Å²) in [7, 11) is 2.00. The standard InChI is InChI=1S/C17H18N2S/c1-12-7-8-19-16(9-12)15(18-2)10-13-11-20-17-6-4-3-5-14(13)17/h3-9,11,15,18H,10H2,1-2H3. The van der Waals surface area contributed by atoms with Crippen molar-refractivity contribution in [2.45, 2.75) is 19.4 Å². The molecule has 3 heteroatoms. The number of thiophene rings is 1. The minimum Gasteiger partial charge on any atom is -0.311 e. The zero-order valence-corrected chi connectivity index (χ0v) is 12.6. The van der Waals surface area contributed by atoms with E-state index in [1.165, 1.54) is 21.2 Å². The van der Waals surface area contributed by atoms with Gasteiger partial charge in [-0.25, -0.2) is 0 Å². The van der Waals surface area contributed by atoms with Gasteiger partial charge in [-0.1, -0.05) is 18.2 Å². The van der Waals surface area contributed by atoms with Crippen LogP contribution in [0.5, 0.6) is 0 Å². The number of benzene rings is 1. The van der Waals surface area contributed by atoms with E-state index in [4.69, 9.17) is 0 Å². The minimum absolute atomic E-state index is 0.257. The van der Waals surface area contributed by atoms with E-state index < -0.39 is 0 Å². The van der Waals surface area contributed by atoms with Crippen LogP contribution >= 0.6 is 11.3 Å². The van der Waals surface area contributed by atoms with E-state index >= 15 is 0 Å². The van der Waals surface area contributed by atoms with Crippen molar-refractivity contribution in [3.05, 3.63) is 64.8 Å². The molecule has 0 aliphatic rings. The predicted octanol–water partition coefficient (Wildman–Crippen LogP) is 4.11. The number of rotatable bonds is 4. The van der Waals surface area contributed by atoms with E-state index in [1.807, 2.05) is 30.6 Å². The molecule has 2 nitrogen and oxygen atoms in total. The van der Waals surface area contributed by atoms with E-state index in [1.54, 1.807) is 0 Å². The molecule has 1 N–H and O–H groups in total. The lowest BCUT2D eigenvalue weighted by Gasteiger charge is -2.15. The van der Waals surface area contributed by atoms with Gasteiger partial charge in [-0.2, -0.15) is 0 Å². The molecular formula is C17H18N2S. The van der Waals surface area contributed by atoms with Crippen LogP contribution in [-0.4, -0.2) is 12.0 Å². The van der Waals surface area contributed by atoms with Gasteiger partial charge in [-0.3, -0.25) is 4.98 Å². The fourth-order valence-electron chi connectivity index (χ4n) is 2.52. The summed E-state index contributed by atoms with van der Waals surface area (Å²) >= 11 is 1.82. The lowest BCUT2D eigenvalue weighted by molar-refractivity contribution is 0.578. The van der Waals surface area contributed by atoms with Crippen LogP contribution in [0, 0.1) is 6.92 Å². The minimum atomic E-state index is 0.257. The van der Waals surface area contributed by atoms with Gasteiger partial charge in [-0.05, 0) is 60.5 Å². The zero-order valence-electron chi connectivity index (χ0n) is 11.8. The number of pyridine rings is 1. The van der Waals surface area contributed by atoms with Gasteiger partial charge in [-0.15, -0.1) is 11.3 Å². The van der Waals surface area contributed by atoms with Gasteiger partial charge in [0.15, 0.2) is 0 Å². The van der Waals surface area contributed by atoms with Crippen LogP contribution < -0.4 is 5.32 Å². The summed E-state index contributed by atoms with van der Waals surface area (Å²) in [5.41, 5.74) is 3.77. The normalized spacial score (nSPS) is 12.7. The van der Waals surface area contributed by atoms with Gasteiger partial charge in [0.2, 0.25) is 0 Å². The second kappa shape index (κ2) is 5.73. The molecule has 2 heterocycles. The highest BCUT2D eigenvalue weighted by atomic mass is 32.1. The smallest absolute Gasteiger partial charge is 0.0579 e. The zero-order chi connectivity index (χ0) is 13.9. The van der Waals surface area contributed by atoms with Gasteiger partial charge in [0, 0.05) is 10.9 Å². The fourth-order valence-corrected chi connectivity index (χ4v) is 3.49. The second-order valence-corrected chi connectivity index (χ2v) is 5.97. The van der Waals surface area contributed by atoms with Crippen LogP contribution in [0.1, 0.15) is 22.9 Å². The number of nitrogens with zero attached hydrogens (tertiary/aromatic N) is 1. The number of hydrogen-bond donors (Lipinski definition) is 1. The molecule has 102 valence electrons. The summed E-state index contributed by atoms with van der Waals surface area (Å²) in [6.45, 7) is 2.11. The van der Waals surface area contributed by atoms with Crippen LogP contribution in [-0.2, 0) is 6.42 Å². The van der Waals surface area contributed by atoms with E-state index in [2.05, 4.69) is 52.9 Å². The second-order valence-electron chi connectivity index (χ2n) is 5.06. The average Bonchev–Trinajstić information content (AvgIpc) is 2.88. The van der Waals surface area contributed by atoms with E-state index in [-0.39, 0.29) is 6.04 Å². The Bertz CT molecular complexity index is 718. The number of likely N-dealkylation sites (N-methyl/N-ethyl adjacent to an activating group) is 1. The topological polar surface area (TPSA) is 24.9 Å². The Morgan fingerprint density at radius 2 is 2.10 bits per heavy atom. The number of aromatic nitrogens is 1. The van der Waals surface area contributed by atoms with Crippen molar-refractivity contribution in [1.82, 2.24) is 10.3 Å². The predicted molar refractivity (Wildman–Crippen MR) is 86.3 cm³/mol. The van der Waals surface area contributed by atoms with Crippen LogP contribution in [0.2, 0.25) is 0 Å². The quantitative estimate of drug-likeness (QED) is 0.779. The van der Waals surface area contributed by atoms with E-state index in [0.717, 1.165) is 12.1 Å². The van der Waals surface area contributed by atoms with Gasteiger partial charge in [0.1, 0.15) is 0 Å². The van der Waals surface area contributed by atoms with Crippen LogP contribution in [0.25, 0.3) is 10.1 Å². The molecule has 0 radical (unpaired) electrons. The Kier molecular flexibility index (Phi) is 3.81. The molecular weight excluding hydrogens is 264 g/mol. The summed E-state index contributed by atoms with van der Waals surface area (Å²) in [4.78, 5) is 4.51. The molecule has 0 saturated heterocycles. The summed E-state index contributed by atoms with van der Waals surface area (Å²) in [6.07, 6.45) is 2.86. The molecule has 1 unspecified atom stereocenters. The molecule has 0 bridgehead atoms. The largest absolute Gasteiger partial charge is 0.311 e. The third-order valence-corrected chi connectivity index (χ3v) is 4.64. The number of aryl methyl sites for hydroxylation is 1. The number of hydrogen-bond acceptors (Lipinski definition) is 3. The van der Waals surface area contributed by atoms with E-state index in [0.29, 0.717) is 0 Å². The Morgan fingerprint density at radius 3 is 2.90 bits per heavy atom. The molecule has 3 rings (SSSR count). The third-order valence-electron chi connectivity index (χ3n) is 3.63. The van der Waals surface area contributed by atoms with Crippen molar-refractivity contribution in [2.24, 2.45) is 0 Å². The highest BCUT2D eigenvalue weighted by molar-refractivity contribution is 7.17. The number of fused-ring (bicyclic) bond motifs is 1. The molecule has 0 saturated carbocycles. The van der Waals surface area contributed by atoms with Gasteiger partial charge in [0.25, 0.3) is 0 Å². The molecule has 0 aliphatic heterocycles. The lowest BCUT2D eigenvalue weighted by Crippen LogP contribution is -2.20. The first kappa shape index (κ1) is 13.3. The highest BCUT2D eigenvalue weighted by Crippen LogP contribution is 2.29. The first-order valence-electron chi connectivity index (χ1n) is 6.83. The average molecular weight is 282 g/mol. The SMILES string of the molecule is CNC(Cc1csc2ccccc12)c1cc(C)ccn1. The number of nitrogens with one attached hydrogen (secondary N) is 1. The van der Waals surface area contributed by atoms with Crippen molar-refractivity contribution in [3.8, 4) is 0 Å². The van der Waals surface area contributed by atoms with Gasteiger partial charge in [0.05, 0.1) is 11.7 Å².